The molecule has 1 aromatic carbocycles. The Kier molecular flexibility index (Phi) is 5.62. The smallest absolute Gasteiger partial charge is 0.119 e. The first kappa shape index (κ1) is 15.1. The molecule has 0 saturated heterocycles. The minimum atomic E-state index is 0.323. The quantitative estimate of drug-likeness (QED) is 0.806. The van der Waals surface area contributed by atoms with Crippen molar-refractivity contribution < 1.29 is 4.74 Å². The van der Waals surface area contributed by atoms with Crippen molar-refractivity contribution in [3.8, 4) is 5.75 Å². The first-order chi connectivity index (χ1) is 9.69. The van der Waals surface area contributed by atoms with Crippen LogP contribution in [-0.2, 0) is 0 Å². The second-order valence-corrected chi connectivity index (χ2v) is 6.15. The Morgan fingerprint density at radius 2 is 1.95 bits per heavy atom. The van der Waals surface area contributed by atoms with Crippen molar-refractivity contribution >= 4 is 11.3 Å². The molecule has 2 rings (SSSR count). The van der Waals surface area contributed by atoms with Crippen molar-refractivity contribution in [2.75, 3.05) is 6.61 Å². The predicted molar refractivity (Wildman–Crippen MR) is 86.6 cm³/mol. The minimum Gasteiger partial charge on any atom is -0.492 e. The van der Waals surface area contributed by atoms with Gasteiger partial charge in [-0.15, -0.1) is 11.3 Å². The fourth-order valence-corrected chi connectivity index (χ4v) is 3.01. The second kappa shape index (κ2) is 7.46. The first-order valence-electron chi connectivity index (χ1n) is 7.18. The van der Waals surface area contributed by atoms with Crippen LogP contribution < -0.4 is 10.1 Å². The van der Waals surface area contributed by atoms with Gasteiger partial charge in [-0.05, 0) is 43.8 Å². The van der Waals surface area contributed by atoms with Crippen LogP contribution in [0.25, 0.3) is 0 Å². The van der Waals surface area contributed by atoms with Gasteiger partial charge >= 0.3 is 0 Å². The molecule has 0 fully saturated rings. The summed E-state index contributed by atoms with van der Waals surface area (Å²) in [6, 6.07) is 13.3. The van der Waals surface area contributed by atoms with E-state index in [9.17, 15) is 0 Å². The fourth-order valence-electron chi connectivity index (χ4n) is 2.14. The van der Waals surface area contributed by atoms with Gasteiger partial charge in [0, 0.05) is 17.0 Å². The number of ether oxygens (including phenoxy) is 1. The molecule has 0 aliphatic carbocycles. The highest BCUT2D eigenvalue weighted by atomic mass is 32.1. The van der Waals surface area contributed by atoms with E-state index in [0.29, 0.717) is 18.7 Å². The molecule has 0 aliphatic rings. The van der Waals surface area contributed by atoms with Crippen molar-refractivity contribution in [2.45, 2.75) is 39.3 Å². The van der Waals surface area contributed by atoms with E-state index in [-0.39, 0.29) is 0 Å². The summed E-state index contributed by atoms with van der Waals surface area (Å²) >= 11 is 1.81. The highest BCUT2D eigenvalue weighted by Gasteiger charge is 2.13. The summed E-state index contributed by atoms with van der Waals surface area (Å²) in [5.41, 5.74) is 1.26. The van der Waals surface area contributed by atoms with Gasteiger partial charge in [-0.3, -0.25) is 0 Å². The molecule has 2 unspecified atom stereocenters. The SMILES string of the molecule is CCC(NC(C)COc1ccc(C)cc1)c1cccs1. The maximum Gasteiger partial charge on any atom is 0.119 e. The van der Waals surface area contributed by atoms with Gasteiger partial charge in [-0.2, -0.15) is 0 Å². The Morgan fingerprint density at radius 3 is 2.55 bits per heavy atom. The summed E-state index contributed by atoms with van der Waals surface area (Å²) in [5.74, 6) is 0.938. The Hall–Kier alpha value is -1.32. The van der Waals surface area contributed by atoms with Gasteiger partial charge in [0.05, 0.1) is 0 Å². The Labute approximate surface area is 125 Å². The van der Waals surface area contributed by atoms with E-state index >= 15 is 0 Å². The molecule has 0 aliphatic heterocycles. The van der Waals surface area contributed by atoms with Gasteiger partial charge in [-0.25, -0.2) is 0 Å². The van der Waals surface area contributed by atoms with E-state index in [1.54, 1.807) is 0 Å². The van der Waals surface area contributed by atoms with E-state index in [0.717, 1.165) is 12.2 Å². The van der Waals surface area contributed by atoms with Crippen LogP contribution in [0.3, 0.4) is 0 Å². The zero-order valence-corrected chi connectivity index (χ0v) is 13.2. The molecule has 1 N–H and O–H groups in total. The lowest BCUT2D eigenvalue weighted by Crippen LogP contribution is -2.34. The minimum absolute atomic E-state index is 0.323. The number of thiophene rings is 1. The number of hydrogen-bond acceptors (Lipinski definition) is 3. The standard InChI is InChI=1S/C17H23NOS/c1-4-16(17-6-5-11-20-17)18-14(3)12-19-15-9-7-13(2)8-10-15/h5-11,14,16,18H,4,12H2,1-3H3. The summed E-state index contributed by atoms with van der Waals surface area (Å²) in [6.45, 7) is 7.15. The lowest BCUT2D eigenvalue weighted by atomic mass is 10.1. The summed E-state index contributed by atoms with van der Waals surface area (Å²) in [6.07, 6.45) is 1.09. The number of rotatable bonds is 7. The summed E-state index contributed by atoms with van der Waals surface area (Å²) in [4.78, 5) is 1.40. The van der Waals surface area contributed by atoms with Crippen LogP contribution in [-0.4, -0.2) is 12.6 Å². The summed E-state index contributed by atoms with van der Waals surface area (Å²) in [7, 11) is 0. The topological polar surface area (TPSA) is 21.3 Å². The molecule has 0 saturated carbocycles. The van der Waals surface area contributed by atoms with Gasteiger partial charge in [-0.1, -0.05) is 30.7 Å². The molecule has 0 radical (unpaired) electrons. The van der Waals surface area contributed by atoms with Crippen molar-refractivity contribution in [1.29, 1.82) is 0 Å². The predicted octanol–water partition coefficient (Wildman–Crippen LogP) is 4.56. The molecule has 20 heavy (non-hydrogen) atoms. The third-order valence-electron chi connectivity index (χ3n) is 3.30. The lowest BCUT2D eigenvalue weighted by Gasteiger charge is -2.21. The second-order valence-electron chi connectivity index (χ2n) is 5.17. The average molecular weight is 289 g/mol. The molecule has 0 amide bonds. The molecule has 108 valence electrons. The van der Waals surface area contributed by atoms with Crippen molar-refractivity contribution in [1.82, 2.24) is 5.32 Å². The first-order valence-corrected chi connectivity index (χ1v) is 8.06. The third-order valence-corrected chi connectivity index (χ3v) is 4.29. The maximum absolute atomic E-state index is 5.83. The average Bonchev–Trinajstić information content (AvgIpc) is 2.98. The molecule has 3 heteroatoms. The van der Waals surface area contributed by atoms with Gasteiger partial charge in [0.1, 0.15) is 12.4 Å². The Morgan fingerprint density at radius 1 is 1.20 bits per heavy atom. The van der Waals surface area contributed by atoms with E-state index in [2.05, 4.69) is 55.7 Å². The number of nitrogens with one attached hydrogen (secondary N) is 1. The van der Waals surface area contributed by atoms with Gasteiger partial charge in [0.15, 0.2) is 0 Å². The number of hydrogen-bond donors (Lipinski definition) is 1. The monoisotopic (exact) mass is 289 g/mol. The number of aryl methyl sites for hydroxylation is 1. The van der Waals surface area contributed by atoms with E-state index in [1.807, 2.05) is 23.5 Å². The number of benzene rings is 1. The van der Waals surface area contributed by atoms with E-state index < -0.39 is 0 Å². The Bertz CT molecular complexity index is 492. The fraction of sp³-hybridized carbons (Fsp3) is 0.412. The molecule has 0 spiro atoms. The van der Waals surface area contributed by atoms with Gasteiger partial charge in [0.25, 0.3) is 0 Å². The van der Waals surface area contributed by atoms with Gasteiger partial charge in [0.2, 0.25) is 0 Å². The van der Waals surface area contributed by atoms with Crippen molar-refractivity contribution in [3.05, 3.63) is 52.2 Å². The highest BCUT2D eigenvalue weighted by molar-refractivity contribution is 7.10. The normalized spacial score (nSPS) is 13.9. The molecule has 1 aromatic heterocycles. The zero-order valence-electron chi connectivity index (χ0n) is 12.4. The van der Waals surface area contributed by atoms with Crippen LogP contribution in [0.15, 0.2) is 41.8 Å². The van der Waals surface area contributed by atoms with Gasteiger partial charge < -0.3 is 10.1 Å². The molecule has 2 atom stereocenters. The van der Waals surface area contributed by atoms with Crippen LogP contribution in [0.2, 0.25) is 0 Å². The molecular formula is C17H23NOS. The summed E-state index contributed by atoms with van der Waals surface area (Å²) < 4.78 is 5.83. The van der Waals surface area contributed by atoms with Crippen LogP contribution in [0.1, 0.15) is 36.8 Å². The maximum atomic E-state index is 5.83. The van der Waals surface area contributed by atoms with Crippen molar-refractivity contribution in [2.24, 2.45) is 0 Å². The van der Waals surface area contributed by atoms with E-state index in [4.69, 9.17) is 4.74 Å². The lowest BCUT2D eigenvalue weighted by molar-refractivity contribution is 0.260. The molecule has 1 heterocycles. The van der Waals surface area contributed by atoms with Crippen molar-refractivity contribution in [3.63, 3.8) is 0 Å². The van der Waals surface area contributed by atoms with Crippen LogP contribution in [0.5, 0.6) is 5.75 Å². The van der Waals surface area contributed by atoms with E-state index in [1.165, 1.54) is 10.4 Å². The molecule has 2 nitrogen and oxygen atoms in total. The summed E-state index contributed by atoms with van der Waals surface area (Å²) in [5, 5.41) is 5.77. The van der Waals surface area contributed by atoms with Crippen LogP contribution in [0.4, 0.5) is 0 Å². The molecule has 2 aromatic rings. The van der Waals surface area contributed by atoms with Crippen LogP contribution in [0, 0.1) is 6.92 Å². The molecule has 0 bridgehead atoms. The van der Waals surface area contributed by atoms with Crippen LogP contribution >= 0.6 is 11.3 Å². The third kappa shape index (κ3) is 4.36. The largest absolute Gasteiger partial charge is 0.492 e. The Balaban J connectivity index is 1.82. The molecular weight excluding hydrogens is 266 g/mol. The highest BCUT2D eigenvalue weighted by Crippen LogP contribution is 2.22. The zero-order chi connectivity index (χ0) is 14.4.